The molecule has 0 unspecified atom stereocenters. The molecule has 0 aliphatic carbocycles. The predicted molar refractivity (Wildman–Crippen MR) is 62.2 cm³/mol. The molecule has 3 heteroatoms. The van der Waals surface area contributed by atoms with Gasteiger partial charge in [-0.1, -0.05) is 0 Å². The normalized spacial score (nSPS) is 18.3. The molecule has 0 amide bonds. The Hall–Kier alpha value is -0.830. The minimum absolute atomic E-state index is 0.728. The van der Waals surface area contributed by atoms with Crippen LogP contribution in [-0.4, -0.2) is 22.9 Å². The van der Waals surface area contributed by atoms with E-state index in [1.165, 1.54) is 29.8 Å². The summed E-state index contributed by atoms with van der Waals surface area (Å²) in [6.45, 7) is 9.81. The standard InChI is InChI=1S/C12H21N3/c1-4-15-10(3)12(9(2)14-15)11-5-7-13-8-6-11/h11,13H,4-8H2,1-3H3. The Morgan fingerprint density at radius 3 is 2.53 bits per heavy atom. The van der Waals surface area contributed by atoms with Gasteiger partial charge in [-0.2, -0.15) is 5.10 Å². The summed E-state index contributed by atoms with van der Waals surface area (Å²) in [6, 6.07) is 0. The zero-order valence-electron chi connectivity index (χ0n) is 10.0. The third kappa shape index (κ3) is 1.93. The van der Waals surface area contributed by atoms with Crippen LogP contribution < -0.4 is 5.32 Å². The molecule has 0 radical (unpaired) electrons. The zero-order valence-corrected chi connectivity index (χ0v) is 10.0. The van der Waals surface area contributed by atoms with Crippen LogP contribution >= 0.6 is 0 Å². The highest BCUT2D eigenvalue weighted by Crippen LogP contribution is 2.30. The van der Waals surface area contributed by atoms with Crippen LogP contribution in [0.15, 0.2) is 0 Å². The van der Waals surface area contributed by atoms with Crippen LogP contribution in [0.25, 0.3) is 0 Å². The summed E-state index contributed by atoms with van der Waals surface area (Å²) >= 11 is 0. The van der Waals surface area contributed by atoms with E-state index in [1.807, 2.05) is 0 Å². The lowest BCUT2D eigenvalue weighted by Gasteiger charge is -2.23. The highest BCUT2D eigenvalue weighted by Gasteiger charge is 2.22. The number of aryl methyl sites for hydroxylation is 2. The van der Waals surface area contributed by atoms with Crippen LogP contribution in [0.4, 0.5) is 0 Å². The third-order valence-electron chi connectivity index (χ3n) is 3.48. The first-order valence-electron chi connectivity index (χ1n) is 5.98. The van der Waals surface area contributed by atoms with Gasteiger partial charge in [-0.15, -0.1) is 0 Å². The van der Waals surface area contributed by atoms with Gasteiger partial charge in [0.15, 0.2) is 0 Å². The van der Waals surface area contributed by atoms with Gasteiger partial charge < -0.3 is 5.32 Å². The lowest BCUT2D eigenvalue weighted by molar-refractivity contribution is 0.457. The Balaban J connectivity index is 2.29. The molecule has 1 saturated heterocycles. The molecule has 0 bridgehead atoms. The van der Waals surface area contributed by atoms with E-state index in [1.54, 1.807) is 0 Å². The van der Waals surface area contributed by atoms with Crippen molar-refractivity contribution in [2.75, 3.05) is 13.1 Å². The summed E-state index contributed by atoms with van der Waals surface area (Å²) in [5, 5.41) is 8.02. The smallest absolute Gasteiger partial charge is 0.0631 e. The molecule has 0 aromatic carbocycles. The van der Waals surface area contributed by atoms with Gasteiger partial charge in [-0.05, 0) is 58.2 Å². The van der Waals surface area contributed by atoms with E-state index in [0.717, 1.165) is 25.6 Å². The van der Waals surface area contributed by atoms with E-state index in [9.17, 15) is 0 Å². The first-order valence-corrected chi connectivity index (χ1v) is 5.98. The van der Waals surface area contributed by atoms with Gasteiger partial charge in [0.2, 0.25) is 0 Å². The third-order valence-corrected chi connectivity index (χ3v) is 3.48. The van der Waals surface area contributed by atoms with Crippen molar-refractivity contribution in [3.63, 3.8) is 0 Å². The Labute approximate surface area is 91.9 Å². The summed E-state index contributed by atoms with van der Waals surface area (Å²) in [6.07, 6.45) is 2.52. The monoisotopic (exact) mass is 207 g/mol. The number of hydrogen-bond acceptors (Lipinski definition) is 2. The average molecular weight is 207 g/mol. The second kappa shape index (κ2) is 4.35. The SMILES string of the molecule is CCn1nc(C)c(C2CCNCC2)c1C. The number of piperidine rings is 1. The van der Waals surface area contributed by atoms with Crippen molar-refractivity contribution in [1.29, 1.82) is 0 Å². The quantitative estimate of drug-likeness (QED) is 0.803. The van der Waals surface area contributed by atoms with Crippen molar-refractivity contribution in [3.8, 4) is 0 Å². The van der Waals surface area contributed by atoms with Crippen molar-refractivity contribution in [3.05, 3.63) is 17.0 Å². The van der Waals surface area contributed by atoms with E-state index in [0.29, 0.717) is 0 Å². The van der Waals surface area contributed by atoms with Crippen molar-refractivity contribution in [1.82, 2.24) is 15.1 Å². The molecular weight excluding hydrogens is 186 g/mol. The summed E-state index contributed by atoms with van der Waals surface area (Å²) in [5.41, 5.74) is 4.13. The maximum absolute atomic E-state index is 4.60. The van der Waals surface area contributed by atoms with E-state index < -0.39 is 0 Å². The lowest BCUT2D eigenvalue weighted by Crippen LogP contribution is -2.27. The maximum atomic E-state index is 4.60. The molecule has 2 rings (SSSR count). The Kier molecular flexibility index (Phi) is 3.10. The number of nitrogens with zero attached hydrogens (tertiary/aromatic N) is 2. The molecule has 84 valence electrons. The minimum atomic E-state index is 0.728. The van der Waals surface area contributed by atoms with Gasteiger partial charge in [-0.25, -0.2) is 0 Å². The molecular formula is C12H21N3. The molecule has 0 saturated carbocycles. The Bertz CT molecular complexity index is 335. The fraction of sp³-hybridized carbons (Fsp3) is 0.750. The van der Waals surface area contributed by atoms with Crippen molar-refractivity contribution < 1.29 is 0 Å². The topological polar surface area (TPSA) is 29.9 Å². The Morgan fingerprint density at radius 2 is 2.00 bits per heavy atom. The first kappa shape index (κ1) is 10.7. The molecule has 15 heavy (non-hydrogen) atoms. The molecule has 2 heterocycles. The molecule has 1 aromatic rings. The highest BCUT2D eigenvalue weighted by atomic mass is 15.3. The number of rotatable bonds is 2. The van der Waals surface area contributed by atoms with E-state index in [2.05, 4.69) is 35.9 Å². The summed E-state index contributed by atoms with van der Waals surface area (Å²) < 4.78 is 2.13. The molecule has 1 aromatic heterocycles. The number of hydrogen-bond donors (Lipinski definition) is 1. The summed E-state index contributed by atoms with van der Waals surface area (Å²) in [5.74, 6) is 0.728. The van der Waals surface area contributed by atoms with Crippen LogP contribution in [0.3, 0.4) is 0 Å². The fourth-order valence-corrected chi connectivity index (χ4v) is 2.72. The summed E-state index contributed by atoms with van der Waals surface area (Å²) in [7, 11) is 0. The van der Waals surface area contributed by atoms with Gasteiger partial charge in [0.05, 0.1) is 5.69 Å². The molecule has 1 fully saturated rings. The minimum Gasteiger partial charge on any atom is -0.317 e. The van der Waals surface area contributed by atoms with Gasteiger partial charge in [0.25, 0.3) is 0 Å². The van der Waals surface area contributed by atoms with Crippen LogP contribution in [-0.2, 0) is 6.54 Å². The van der Waals surface area contributed by atoms with Gasteiger partial charge >= 0.3 is 0 Å². The lowest BCUT2D eigenvalue weighted by atomic mass is 9.89. The zero-order chi connectivity index (χ0) is 10.8. The largest absolute Gasteiger partial charge is 0.317 e. The van der Waals surface area contributed by atoms with Crippen LogP contribution in [0, 0.1) is 13.8 Å². The van der Waals surface area contributed by atoms with Gasteiger partial charge in [0.1, 0.15) is 0 Å². The predicted octanol–water partition coefficient (Wildman–Crippen LogP) is 1.99. The van der Waals surface area contributed by atoms with Gasteiger partial charge in [-0.3, -0.25) is 4.68 Å². The van der Waals surface area contributed by atoms with Crippen LogP contribution in [0.2, 0.25) is 0 Å². The van der Waals surface area contributed by atoms with Crippen molar-refractivity contribution >= 4 is 0 Å². The maximum Gasteiger partial charge on any atom is 0.0631 e. The fourth-order valence-electron chi connectivity index (χ4n) is 2.72. The molecule has 0 atom stereocenters. The van der Waals surface area contributed by atoms with E-state index >= 15 is 0 Å². The highest BCUT2D eigenvalue weighted by molar-refractivity contribution is 5.29. The average Bonchev–Trinajstić information content (AvgIpc) is 2.55. The number of nitrogens with one attached hydrogen (secondary N) is 1. The van der Waals surface area contributed by atoms with E-state index in [4.69, 9.17) is 0 Å². The molecule has 1 aliphatic heterocycles. The molecule has 3 nitrogen and oxygen atoms in total. The molecule has 1 N–H and O–H groups in total. The second-order valence-corrected chi connectivity index (χ2v) is 4.42. The number of aromatic nitrogens is 2. The van der Waals surface area contributed by atoms with Crippen LogP contribution in [0.1, 0.15) is 42.6 Å². The van der Waals surface area contributed by atoms with Gasteiger partial charge in [0, 0.05) is 12.2 Å². The van der Waals surface area contributed by atoms with Crippen molar-refractivity contribution in [2.45, 2.75) is 46.1 Å². The van der Waals surface area contributed by atoms with E-state index in [-0.39, 0.29) is 0 Å². The van der Waals surface area contributed by atoms with Crippen molar-refractivity contribution in [2.24, 2.45) is 0 Å². The van der Waals surface area contributed by atoms with Crippen LogP contribution in [0.5, 0.6) is 0 Å². The summed E-state index contributed by atoms with van der Waals surface area (Å²) in [4.78, 5) is 0. The molecule has 1 aliphatic rings. The first-order chi connectivity index (χ1) is 7.24. The Morgan fingerprint density at radius 1 is 1.33 bits per heavy atom. The second-order valence-electron chi connectivity index (χ2n) is 4.42. The molecule has 0 spiro atoms.